The minimum Gasteiger partial charge on any atom is -0.506 e. The van der Waals surface area contributed by atoms with E-state index >= 15 is 0 Å². The molecule has 12 heteroatoms. The predicted molar refractivity (Wildman–Crippen MR) is 142 cm³/mol. The van der Waals surface area contributed by atoms with Crippen molar-refractivity contribution in [3.8, 4) is 5.75 Å². The highest BCUT2D eigenvalue weighted by molar-refractivity contribution is 14.1. The summed E-state index contributed by atoms with van der Waals surface area (Å²) in [5.41, 5.74) is 0.995. The lowest BCUT2D eigenvalue weighted by Crippen LogP contribution is -2.17. The van der Waals surface area contributed by atoms with E-state index in [9.17, 15) is 27.7 Å². The SMILES string of the molecule is Cc1cc(S(=O)(=O)O)c(C(C)C)cc1C(=O)OCCOC(=O)c1c(I)cc(I)c(O)c1I. The van der Waals surface area contributed by atoms with Gasteiger partial charge < -0.3 is 14.6 Å². The summed E-state index contributed by atoms with van der Waals surface area (Å²) >= 11 is 5.80. The van der Waals surface area contributed by atoms with Crippen LogP contribution in [0.25, 0.3) is 0 Å². The molecule has 0 aliphatic carbocycles. The number of rotatable bonds is 7. The number of aryl methyl sites for hydroxylation is 1. The summed E-state index contributed by atoms with van der Waals surface area (Å²) in [6.45, 7) is 4.58. The van der Waals surface area contributed by atoms with Crippen LogP contribution < -0.4 is 0 Å². The maximum Gasteiger partial charge on any atom is 0.340 e. The Hall–Kier alpha value is -0.720. The van der Waals surface area contributed by atoms with E-state index in [-0.39, 0.29) is 40.9 Å². The second-order valence-corrected chi connectivity index (χ2v) is 11.8. The zero-order chi connectivity index (χ0) is 24.4. The van der Waals surface area contributed by atoms with Crippen LogP contribution in [0.15, 0.2) is 23.1 Å². The summed E-state index contributed by atoms with van der Waals surface area (Å²) in [6.07, 6.45) is 0. The van der Waals surface area contributed by atoms with E-state index in [1.165, 1.54) is 19.1 Å². The van der Waals surface area contributed by atoms with Gasteiger partial charge in [-0.3, -0.25) is 4.55 Å². The summed E-state index contributed by atoms with van der Waals surface area (Å²) in [5.74, 6) is -1.64. The molecule has 2 rings (SSSR count). The standard InChI is InChI=1S/C20H19I3O8S/c1-9(2)11-7-12(10(3)6-15(11)32(27,28)29)19(25)30-4-5-31-20(26)16-13(21)8-14(22)18(24)17(16)23/h6-9,24H,4-5H2,1-3H3,(H,27,28,29). The molecule has 0 saturated carbocycles. The van der Waals surface area contributed by atoms with Gasteiger partial charge in [-0.15, -0.1) is 0 Å². The molecular weight excluding hydrogens is 781 g/mol. The van der Waals surface area contributed by atoms with Crippen LogP contribution in [0, 0.1) is 17.6 Å². The molecule has 32 heavy (non-hydrogen) atoms. The fourth-order valence-electron chi connectivity index (χ4n) is 2.78. The molecule has 0 fully saturated rings. The van der Waals surface area contributed by atoms with Crippen molar-refractivity contribution >= 4 is 89.8 Å². The number of halogens is 3. The maximum atomic E-state index is 12.5. The van der Waals surface area contributed by atoms with Crippen LogP contribution in [-0.4, -0.2) is 43.2 Å². The summed E-state index contributed by atoms with van der Waals surface area (Å²) in [6, 6.07) is 4.27. The first-order chi connectivity index (χ1) is 14.8. The first kappa shape index (κ1) is 27.5. The largest absolute Gasteiger partial charge is 0.506 e. The second kappa shape index (κ2) is 11.1. The first-order valence-corrected chi connectivity index (χ1v) is 13.8. The Morgan fingerprint density at radius 2 is 1.56 bits per heavy atom. The van der Waals surface area contributed by atoms with Crippen LogP contribution >= 0.6 is 67.8 Å². The molecule has 0 atom stereocenters. The van der Waals surface area contributed by atoms with Crippen LogP contribution in [0.3, 0.4) is 0 Å². The molecule has 2 aromatic carbocycles. The molecule has 174 valence electrons. The van der Waals surface area contributed by atoms with E-state index in [2.05, 4.69) is 0 Å². The molecule has 0 unspecified atom stereocenters. The van der Waals surface area contributed by atoms with Crippen molar-refractivity contribution in [1.29, 1.82) is 0 Å². The number of esters is 2. The van der Waals surface area contributed by atoms with Gasteiger partial charge in [0.1, 0.15) is 19.0 Å². The fraction of sp³-hybridized carbons (Fsp3) is 0.300. The number of carbonyl (C=O) groups is 2. The molecule has 0 bridgehead atoms. The Balaban J connectivity index is 2.09. The van der Waals surface area contributed by atoms with Crippen molar-refractivity contribution in [2.24, 2.45) is 0 Å². The van der Waals surface area contributed by atoms with Crippen molar-refractivity contribution in [3.05, 3.63) is 51.2 Å². The fourth-order valence-corrected chi connectivity index (χ4v) is 7.51. The van der Waals surface area contributed by atoms with Gasteiger partial charge in [0.15, 0.2) is 0 Å². The Morgan fingerprint density at radius 1 is 1.00 bits per heavy atom. The average molecular weight is 800 g/mol. The minimum absolute atomic E-state index is 0.00485. The van der Waals surface area contributed by atoms with E-state index in [1.54, 1.807) is 19.9 Å². The molecule has 0 aliphatic heterocycles. The van der Waals surface area contributed by atoms with Gasteiger partial charge in [0.25, 0.3) is 10.1 Å². The molecule has 0 aliphatic rings. The molecule has 0 saturated heterocycles. The number of phenolic OH excluding ortho intramolecular Hbond substituents is 1. The van der Waals surface area contributed by atoms with Gasteiger partial charge in [-0.25, -0.2) is 9.59 Å². The Kier molecular flexibility index (Phi) is 9.58. The number of aromatic hydroxyl groups is 1. The number of ether oxygens (including phenoxy) is 2. The smallest absolute Gasteiger partial charge is 0.340 e. The summed E-state index contributed by atoms with van der Waals surface area (Å²) in [4.78, 5) is 24.6. The summed E-state index contributed by atoms with van der Waals surface area (Å²) < 4.78 is 44.7. The molecule has 0 spiro atoms. The Morgan fingerprint density at radius 3 is 2.09 bits per heavy atom. The van der Waals surface area contributed by atoms with E-state index in [1.807, 2.05) is 67.8 Å². The number of benzene rings is 2. The molecule has 8 nitrogen and oxygen atoms in total. The van der Waals surface area contributed by atoms with Crippen molar-refractivity contribution in [1.82, 2.24) is 0 Å². The van der Waals surface area contributed by atoms with Crippen molar-refractivity contribution in [3.63, 3.8) is 0 Å². The van der Waals surface area contributed by atoms with Gasteiger partial charge in [0.05, 0.1) is 23.2 Å². The lowest BCUT2D eigenvalue weighted by molar-refractivity contribution is 0.0263. The second-order valence-electron chi connectivity index (χ2n) is 6.98. The van der Waals surface area contributed by atoms with Gasteiger partial charge in [-0.2, -0.15) is 8.42 Å². The molecular formula is C20H19I3O8S. The zero-order valence-electron chi connectivity index (χ0n) is 17.1. The van der Waals surface area contributed by atoms with Crippen LogP contribution in [0.2, 0.25) is 0 Å². The molecule has 0 heterocycles. The Labute approximate surface area is 226 Å². The maximum absolute atomic E-state index is 12.5. The minimum atomic E-state index is -4.44. The average Bonchev–Trinajstić information content (AvgIpc) is 2.68. The van der Waals surface area contributed by atoms with Crippen LogP contribution in [-0.2, 0) is 19.6 Å². The number of hydrogen-bond acceptors (Lipinski definition) is 7. The third-order valence-corrected chi connectivity index (χ3v) is 8.01. The van der Waals surface area contributed by atoms with Gasteiger partial charge in [-0.1, -0.05) is 13.8 Å². The highest BCUT2D eigenvalue weighted by Crippen LogP contribution is 2.33. The van der Waals surface area contributed by atoms with Crippen molar-refractivity contribution in [2.45, 2.75) is 31.6 Å². The quantitative estimate of drug-likeness (QED) is 0.176. The Bertz CT molecular complexity index is 1180. The van der Waals surface area contributed by atoms with Crippen LogP contribution in [0.5, 0.6) is 5.75 Å². The van der Waals surface area contributed by atoms with Gasteiger partial charge in [0, 0.05) is 3.57 Å². The number of hydrogen-bond donors (Lipinski definition) is 2. The van der Waals surface area contributed by atoms with Gasteiger partial charge in [0.2, 0.25) is 0 Å². The third kappa shape index (κ3) is 6.44. The lowest BCUT2D eigenvalue weighted by atomic mass is 9.97. The highest BCUT2D eigenvalue weighted by Gasteiger charge is 2.23. The number of phenols is 1. The highest BCUT2D eigenvalue weighted by atomic mass is 127. The third-order valence-electron chi connectivity index (χ3n) is 4.38. The van der Waals surface area contributed by atoms with Crippen molar-refractivity contribution < 1.29 is 37.1 Å². The van der Waals surface area contributed by atoms with E-state index < -0.39 is 22.1 Å². The van der Waals surface area contributed by atoms with Gasteiger partial charge in [-0.05, 0) is 110 Å². The van der Waals surface area contributed by atoms with Crippen LogP contribution in [0.1, 0.15) is 51.6 Å². The molecule has 2 N–H and O–H groups in total. The summed E-state index contributed by atoms with van der Waals surface area (Å²) in [5, 5.41) is 10.0. The van der Waals surface area contributed by atoms with E-state index in [0.717, 1.165) is 0 Å². The van der Waals surface area contributed by atoms with E-state index in [0.29, 0.717) is 21.8 Å². The van der Waals surface area contributed by atoms with Gasteiger partial charge >= 0.3 is 11.9 Å². The monoisotopic (exact) mass is 800 g/mol. The normalized spacial score (nSPS) is 11.5. The number of carbonyl (C=O) groups excluding carboxylic acids is 2. The van der Waals surface area contributed by atoms with Crippen LogP contribution in [0.4, 0.5) is 0 Å². The molecule has 2 aromatic rings. The summed E-state index contributed by atoms with van der Waals surface area (Å²) in [7, 11) is -4.44. The topological polar surface area (TPSA) is 127 Å². The van der Waals surface area contributed by atoms with E-state index in [4.69, 9.17) is 9.47 Å². The first-order valence-electron chi connectivity index (χ1n) is 9.08. The molecule has 0 radical (unpaired) electrons. The molecule has 0 aromatic heterocycles. The predicted octanol–water partition coefficient (Wildman–Crippen LogP) is 4.90. The molecule has 0 amide bonds. The zero-order valence-corrected chi connectivity index (χ0v) is 24.4. The van der Waals surface area contributed by atoms with Crippen molar-refractivity contribution in [2.75, 3.05) is 13.2 Å². The lowest BCUT2D eigenvalue weighted by Gasteiger charge is -2.15.